The molecule has 1 aliphatic rings. The minimum atomic E-state index is -0.358. The van der Waals surface area contributed by atoms with E-state index in [2.05, 4.69) is 16.0 Å². The zero-order chi connectivity index (χ0) is 22.2. The second-order valence-corrected chi connectivity index (χ2v) is 8.19. The molecule has 2 aromatic rings. The molecule has 2 aromatic carbocycles. The SMILES string of the molecule is CCOc1cccc(C(=O)NC(=S)Nc2ccc(Cl)c(C(=O)NC3CCCCC3)c2)c1. The minimum Gasteiger partial charge on any atom is -0.494 e. The van der Waals surface area contributed by atoms with Crippen molar-refractivity contribution >= 4 is 46.4 Å². The van der Waals surface area contributed by atoms with Crippen molar-refractivity contribution in [3.63, 3.8) is 0 Å². The van der Waals surface area contributed by atoms with Gasteiger partial charge in [-0.1, -0.05) is 36.9 Å². The van der Waals surface area contributed by atoms with Gasteiger partial charge in [-0.25, -0.2) is 0 Å². The third-order valence-electron chi connectivity index (χ3n) is 5.04. The highest BCUT2D eigenvalue weighted by Crippen LogP contribution is 2.23. The molecule has 2 amide bonds. The largest absolute Gasteiger partial charge is 0.494 e. The molecule has 0 heterocycles. The summed E-state index contributed by atoms with van der Waals surface area (Å²) in [6.45, 7) is 2.39. The zero-order valence-corrected chi connectivity index (χ0v) is 18.9. The fourth-order valence-electron chi connectivity index (χ4n) is 3.52. The molecule has 1 aliphatic carbocycles. The van der Waals surface area contributed by atoms with E-state index in [1.54, 1.807) is 42.5 Å². The van der Waals surface area contributed by atoms with E-state index >= 15 is 0 Å². The zero-order valence-electron chi connectivity index (χ0n) is 17.4. The number of ether oxygens (including phenoxy) is 1. The average molecular weight is 460 g/mol. The van der Waals surface area contributed by atoms with Gasteiger partial charge in [-0.05, 0) is 68.4 Å². The summed E-state index contributed by atoms with van der Waals surface area (Å²) in [5.41, 5.74) is 1.36. The molecule has 0 saturated heterocycles. The number of amides is 2. The number of thiocarbonyl (C=S) groups is 1. The molecule has 0 aromatic heterocycles. The van der Waals surface area contributed by atoms with Crippen LogP contribution >= 0.6 is 23.8 Å². The number of rotatable bonds is 6. The van der Waals surface area contributed by atoms with Crippen LogP contribution in [0.2, 0.25) is 5.02 Å². The Balaban J connectivity index is 1.62. The molecule has 3 N–H and O–H groups in total. The van der Waals surface area contributed by atoms with Crippen LogP contribution in [0.15, 0.2) is 42.5 Å². The lowest BCUT2D eigenvalue weighted by Crippen LogP contribution is -2.36. The van der Waals surface area contributed by atoms with E-state index in [9.17, 15) is 9.59 Å². The highest BCUT2D eigenvalue weighted by Gasteiger charge is 2.19. The Morgan fingerprint density at radius 3 is 2.61 bits per heavy atom. The van der Waals surface area contributed by atoms with Gasteiger partial charge in [0.2, 0.25) is 0 Å². The van der Waals surface area contributed by atoms with Crippen molar-refractivity contribution in [3.8, 4) is 5.75 Å². The Labute approximate surface area is 192 Å². The number of hydrogen-bond donors (Lipinski definition) is 3. The lowest BCUT2D eigenvalue weighted by Gasteiger charge is -2.23. The summed E-state index contributed by atoms with van der Waals surface area (Å²) in [6, 6.07) is 12.0. The van der Waals surface area contributed by atoms with E-state index in [1.807, 2.05) is 6.92 Å². The van der Waals surface area contributed by atoms with Crippen molar-refractivity contribution in [1.82, 2.24) is 10.6 Å². The molecule has 0 radical (unpaired) electrons. The standard InChI is InChI=1S/C23H26ClN3O3S/c1-2-30-18-10-6-7-15(13-18)21(28)27-23(31)26-17-11-12-20(24)19(14-17)22(29)25-16-8-4-3-5-9-16/h6-7,10-14,16H,2-5,8-9H2,1H3,(H,25,29)(H2,26,27,28,31). The van der Waals surface area contributed by atoms with E-state index in [4.69, 9.17) is 28.6 Å². The van der Waals surface area contributed by atoms with Crippen LogP contribution in [0.3, 0.4) is 0 Å². The van der Waals surface area contributed by atoms with Crippen LogP contribution in [-0.2, 0) is 0 Å². The monoisotopic (exact) mass is 459 g/mol. The van der Waals surface area contributed by atoms with Crippen molar-refractivity contribution in [2.75, 3.05) is 11.9 Å². The molecule has 8 heteroatoms. The van der Waals surface area contributed by atoms with Gasteiger partial charge < -0.3 is 15.4 Å². The summed E-state index contributed by atoms with van der Waals surface area (Å²) in [6.07, 6.45) is 5.44. The van der Waals surface area contributed by atoms with Crippen LogP contribution in [0, 0.1) is 0 Å². The number of halogens is 1. The Bertz CT molecular complexity index is 961. The number of anilines is 1. The fourth-order valence-corrected chi connectivity index (χ4v) is 3.93. The van der Waals surface area contributed by atoms with Crippen LogP contribution in [0.1, 0.15) is 59.7 Å². The first-order chi connectivity index (χ1) is 15.0. The first-order valence-electron chi connectivity index (χ1n) is 10.4. The molecule has 0 unspecified atom stereocenters. The highest BCUT2D eigenvalue weighted by atomic mass is 35.5. The Morgan fingerprint density at radius 2 is 1.87 bits per heavy atom. The normalized spacial score (nSPS) is 13.9. The van der Waals surface area contributed by atoms with E-state index < -0.39 is 0 Å². The summed E-state index contributed by atoms with van der Waals surface area (Å²) >= 11 is 11.5. The van der Waals surface area contributed by atoms with Gasteiger partial charge in [0.05, 0.1) is 17.2 Å². The van der Waals surface area contributed by atoms with Crippen LogP contribution in [-0.4, -0.2) is 29.6 Å². The summed E-state index contributed by atoms with van der Waals surface area (Å²) in [5, 5.41) is 9.11. The van der Waals surface area contributed by atoms with Gasteiger partial charge in [-0.15, -0.1) is 0 Å². The Hall–Kier alpha value is -2.64. The predicted octanol–water partition coefficient (Wildman–Crippen LogP) is 4.93. The maximum Gasteiger partial charge on any atom is 0.257 e. The molecular weight excluding hydrogens is 434 g/mol. The first-order valence-corrected chi connectivity index (χ1v) is 11.2. The number of benzene rings is 2. The number of nitrogens with one attached hydrogen (secondary N) is 3. The number of hydrogen-bond acceptors (Lipinski definition) is 4. The van der Waals surface area contributed by atoms with Crippen molar-refractivity contribution < 1.29 is 14.3 Å². The maximum atomic E-state index is 12.7. The summed E-state index contributed by atoms with van der Waals surface area (Å²) < 4.78 is 5.42. The van der Waals surface area contributed by atoms with Gasteiger partial charge in [-0.2, -0.15) is 0 Å². The average Bonchev–Trinajstić information content (AvgIpc) is 2.76. The Morgan fingerprint density at radius 1 is 1.10 bits per heavy atom. The number of carbonyl (C=O) groups excluding carboxylic acids is 2. The quantitative estimate of drug-likeness (QED) is 0.534. The molecule has 0 spiro atoms. The maximum absolute atomic E-state index is 12.7. The molecule has 164 valence electrons. The van der Waals surface area contributed by atoms with Crippen LogP contribution in [0.5, 0.6) is 5.75 Å². The fraction of sp³-hybridized carbons (Fsp3) is 0.348. The summed E-state index contributed by atoms with van der Waals surface area (Å²) in [7, 11) is 0. The third kappa shape index (κ3) is 6.67. The van der Waals surface area contributed by atoms with Gasteiger partial charge >= 0.3 is 0 Å². The second-order valence-electron chi connectivity index (χ2n) is 7.37. The predicted molar refractivity (Wildman–Crippen MR) is 127 cm³/mol. The Kier molecular flexibility index (Phi) is 8.26. The second kappa shape index (κ2) is 11.1. The van der Waals surface area contributed by atoms with Crippen molar-refractivity contribution in [3.05, 3.63) is 58.6 Å². The van der Waals surface area contributed by atoms with Crippen LogP contribution in [0.4, 0.5) is 5.69 Å². The summed E-state index contributed by atoms with van der Waals surface area (Å²) in [4.78, 5) is 25.2. The highest BCUT2D eigenvalue weighted by molar-refractivity contribution is 7.80. The summed E-state index contributed by atoms with van der Waals surface area (Å²) in [5.74, 6) is 0.0480. The molecule has 0 bridgehead atoms. The van der Waals surface area contributed by atoms with Gasteiger partial charge in [0.1, 0.15) is 5.75 Å². The topological polar surface area (TPSA) is 79.5 Å². The van der Waals surface area contributed by atoms with Crippen molar-refractivity contribution in [2.45, 2.75) is 45.1 Å². The minimum absolute atomic E-state index is 0.118. The van der Waals surface area contributed by atoms with E-state index in [-0.39, 0.29) is 23.0 Å². The van der Waals surface area contributed by atoms with Crippen molar-refractivity contribution in [2.24, 2.45) is 0 Å². The smallest absolute Gasteiger partial charge is 0.257 e. The lowest BCUT2D eigenvalue weighted by atomic mass is 9.95. The molecule has 0 atom stereocenters. The lowest BCUT2D eigenvalue weighted by molar-refractivity contribution is 0.0926. The first kappa shape index (κ1) is 23.0. The van der Waals surface area contributed by atoms with Crippen LogP contribution in [0.25, 0.3) is 0 Å². The molecular formula is C23H26ClN3O3S. The molecule has 0 aliphatic heterocycles. The van der Waals surface area contributed by atoms with E-state index in [0.29, 0.717) is 34.2 Å². The van der Waals surface area contributed by atoms with E-state index in [0.717, 1.165) is 25.7 Å². The molecule has 1 fully saturated rings. The van der Waals surface area contributed by atoms with Gasteiger partial charge in [0, 0.05) is 17.3 Å². The molecule has 3 rings (SSSR count). The van der Waals surface area contributed by atoms with Crippen molar-refractivity contribution in [1.29, 1.82) is 0 Å². The molecule has 31 heavy (non-hydrogen) atoms. The molecule has 1 saturated carbocycles. The van der Waals surface area contributed by atoms with Gasteiger partial charge in [0.25, 0.3) is 11.8 Å². The molecule has 6 nitrogen and oxygen atoms in total. The van der Waals surface area contributed by atoms with Gasteiger partial charge in [-0.3, -0.25) is 14.9 Å². The van der Waals surface area contributed by atoms with E-state index in [1.165, 1.54) is 6.42 Å². The van der Waals surface area contributed by atoms with Crippen LogP contribution < -0.4 is 20.7 Å². The number of carbonyl (C=O) groups is 2. The van der Waals surface area contributed by atoms with Gasteiger partial charge in [0.15, 0.2) is 5.11 Å². The third-order valence-corrected chi connectivity index (χ3v) is 5.58.